The van der Waals surface area contributed by atoms with Crippen molar-refractivity contribution in [1.82, 2.24) is 0 Å². The number of allylic oxidation sites excluding steroid dienone is 2. The molecule has 2 bridgehead atoms. The lowest BCUT2D eigenvalue weighted by Gasteiger charge is -2.57. The second kappa shape index (κ2) is 3.68. The Labute approximate surface area is 118 Å². The van der Waals surface area contributed by atoms with Gasteiger partial charge in [0.15, 0.2) is 11.6 Å². The number of hydrogen-bond acceptors (Lipinski definition) is 4. The van der Waals surface area contributed by atoms with E-state index in [-0.39, 0.29) is 17.5 Å². The molecule has 20 heavy (non-hydrogen) atoms. The van der Waals surface area contributed by atoms with E-state index in [1.807, 2.05) is 19.9 Å². The molecule has 0 aromatic rings. The van der Waals surface area contributed by atoms with E-state index in [0.29, 0.717) is 0 Å². The molecule has 0 aliphatic heterocycles. The molecule has 0 radical (unpaired) electrons. The minimum atomic E-state index is -1.53. The van der Waals surface area contributed by atoms with Crippen LogP contribution in [0.2, 0.25) is 0 Å². The van der Waals surface area contributed by atoms with E-state index in [2.05, 4.69) is 0 Å². The highest BCUT2D eigenvalue weighted by Crippen LogP contribution is 2.57. The van der Waals surface area contributed by atoms with Crippen molar-refractivity contribution in [2.24, 2.45) is 23.7 Å². The van der Waals surface area contributed by atoms with Crippen LogP contribution in [0, 0.1) is 23.7 Å². The largest absolute Gasteiger partial charge is 0.382 e. The minimum Gasteiger partial charge on any atom is -0.382 e. The molecular formula is C16H20O4. The predicted octanol–water partition coefficient (Wildman–Crippen LogP) is 1.02. The highest BCUT2D eigenvalue weighted by atomic mass is 16.3. The predicted molar refractivity (Wildman–Crippen MR) is 72.7 cm³/mol. The van der Waals surface area contributed by atoms with Crippen LogP contribution in [0.4, 0.5) is 0 Å². The maximum absolute atomic E-state index is 12.5. The maximum Gasteiger partial charge on any atom is 0.187 e. The summed E-state index contributed by atoms with van der Waals surface area (Å²) < 4.78 is 0. The average Bonchev–Trinajstić information content (AvgIpc) is 2.32. The Morgan fingerprint density at radius 2 is 1.65 bits per heavy atom. The molecule has 4 aliphatic rings. The van der Waals surface area contributed by atoms with Gasteiger partial charge >= 0.3 is 0 Å². The smallest absolute Gasteiger partial charge is 0.187 e. The van der Waals surface area contributed by atoms with E-state index in [1.54, 1.807) is 0 Å². The topological polar surface area (TPSA) is 74.6 Å². The van der Waals surface area contributed by atoms with Gasteiger partial charge < -0.3 is 10.2 Å². The normalized spacial score (nSPS) is 50.7. The van der Waals surface area contributed by atoms with E-state index >= 15 is 0 Å². The fourth-order valence-corrected chi connectivity index (χ4v) is 4.42. The molecular weight excluding hydrogens is 256 g/mol. The zero-order chi connectivity index (χ0) is 15.0. The first-order chi connectivity index (χ1) is 9.10. The molecule has 0 spiro atoms. The van der Waals surface area contributed by atoms with E-state index < -0.39 is 29.0 Å². The Hall–Kier alpha value is -1.26. The number of aliphatic hydroxyl groups is 2. The van der Waals surface area contributed by atoms with E-state index in [9.17, 15) is 19.8 Å². The number of hydrogen-bond donors (Lipinski definition) is 2. The molecule has 6 atom stereocenters. The van der Waals surface area contributed by atoms with E-state index in [1.165, 1.54) is 19.9 Å². The maximum atomic E-state index is 12.5. The lowest BCUT2D eigenvalue weighted by molar-refractivity contribution is -0.177. The Morgan fingerprint density at radius 3 is 2.25 bits per heavy atom. The lowest BCUT2D eigenvalue weighted by atomic mass is 9.47. The number of fused-ring (bicyclic) bond motifs is 1. The minimum absolute atomic E-state index is 0.189. The van der Waals surface area contributed by atoms with Crippen LogP contribution < -0.4 is 0 Å². The second-order valence-corrected chi connectivity index (χ2v) is 6.88. The fraction of sp³-hybridized carbons (Fsp3) is 0.625. The molecule has 108 valence electrons. The number of rotatable bonds is 0. The molecule has 1 saturated carbocycles. The molecule has 0 aromatic carbocycles. The van der Waals surface area contributed by atoms with Crippen molar-refractivity contribution in [1.29, 1.82) is 0 Å². The summed E-state index contributed by atoms with van der Waals surface area (Å²) in [7, 11) is 0. The van der Waals surface area contributed by atoms with Gasteiger partial charge in [-0.2, -0.15) is 0 Å². The third kappa shape index (κ3) is 1.38. The molecule has 4 heteroatoms. The molecule has 0 aromatic heterocycles. The molecule has 0 amide bonds. The molecule has 0 saturated heterocycles. The van der Waals surface area contributed by atoms with Gasteiger partial charge in [-0.25, -0.2) is 0 Å². The summed E-state index contributed by atoms with van der Waals surface area (Å²) in [6, 6.07) is 0. The number of carbonyl (C=O) groups is 2. The standard InChI is InChI=1S/C16H20O4/c1-7-5-9-13-11(12(7)14(18)15(9,3)19)8(2)6-10(17)16(13,4)20/h5-6,9,11-13,19-20H,1-4H3/t9?,11?,12?,13?,15-,16+/m1/s1. The van der Waals surface area contributed by atoms with Gasteiger partial charge in [-0.15, -0.1) is 0 Å². The monoisotopic (exact) mass is 276 g/mol. The summed E-state index contributed by atoms with van der Waals surface area (Å²) in [4.78, 5) is 24.6. The summed E-state index contributed by atoms with van der Waals surface area (Å²) in [5.41, 5.74) is -1.27. The van der Waals surface area contributed by atoms with Gasteiger partial charge in [-0.1, -0.05) is 17.2 Å². The molecule has 4 nitrogen and oxygen atoms in total. The third-order valence-corrected chi connectivity index (χ3v) is 5.53. The van der Waals surface area contributed by atoms with Gasteiger partial charge in [0.1, 0.15) is 11.2 Å². The first-order valence-electron chi connectivity index (χ1n) is 7.00. The molecule has 1 fully saturated rings. The Kier molecular flexibility index (Phi) is 2.52. The summed E-state index contributed by atoms with van der Waals surface area (Å²) >= 11 is 0. The molecule has 2 N–H and O–H groups in total. The van der Waals surface area contributed by atoms with Crippen molar-refractivity contribution in [3.05, 3.63) is 23.3 Å². The Balaban J connectivity index is 2.25. The highest BCUT2D eigenvalue weighted by Gasteiger charge is 2.65. The van der Waals surface area contributed by atoms with Crippen LogP contribution in [0.1, 0.15) is 27.7 Å². The van der Waals surface area contributed by atoms with Crippen LogP contribution in [0.3, 0.4) is 0 Å². The van der Waals surface area contributed by atoms with E-state index in [4.69, 9.17) is 0 Å². The Bertz CT molecular complexity index is 579. The first-order valence-corrected chi connectivity index (χ1v) is 7.00. The average molecular weight is 276 g/mol. The SMILES string of the molecule is CC1=CC2C3C(C(C)=CC(=O)[C@]3(C)O)C1C(=O)[C@]2(C)O. The van der Waals surface area contributed by atoms with Gasteiger partial charge in [0, 0.05) is 23.7 Å². The van der Waals surface area contributed by atoms with Crippen molar-refractivity contribution in [2.75, 3.05) is 0 Å². The second-order valence-electron chi connectivity index (χ2n) is 6.88. The first kappa shape index (κ1) is 13.7. The zero-order valence-electron chi connectivity index (χ0n) is 12.2. The van der Waals surface area contributed by atoms with Crippen molar-refractivity contribution < 1.29 is 19.8 Å². The summed E-state index contributed by atoms with van der Waals surface area (Å²) in [6.07, 6.45) is 3.32. The van der Waals surface area contributed by atoms with Crippen molar-refractivity contribution in [3.63, 3.8) is 0 Å². The number of Topliss-reactive ketones (excluding diaryl/α,β-unsaturated/α-hetero) is 1. The van der Waals surface area contributed by atoms with Crippen LogP contribution in [0.15, 0.2) is 23.3 Å². The quantitative estimate of drug-likeness (QED) is 0.648. The summed E-state index contributed by atoms with van der Waals surface area (Å²) in [5.74, 6) is -2.12. The van der Waals surface area contributed by atoms with Crippen molar-refractivity contribution in [3.8, 4) is 0 Å². The zero-order valence-corrected chi connectivity index (χ0v) is 12.2. The molecule has 4 rings (SSSR count). The van der Waals surface area contributed by atoms with Crippen LogP contribution in [0.5, 0.6) is 0 Å². The molecule has 4 aliphatic carbocycles. The number of ketones is 2. The van der Waals surface area contributed by atoms with Gasteiger partial charge in [-0.05, 0) is 33.8 Å². The van der Waals surface area contributed by atoms with Crippen LogP contribution in [-0.4, -0.2) is 33.0 Å². The Morgan fingerprint density at radius 1 is 1.05 bits per heavy atom. The summed E-state index contributed by atoms with van der Waals surface area (Å²) in [5, 5.41) is 21.2. The van der Waals surface area contributed by atoms with Gasteiger partial charge in [0.25, 0.3) is 0 Å². The molecule has 0 heterocycles. The van der Waals surface area contributed by atoms with Crippen LogP contribution in [0.25, 0.3) is 0 Å². The van der Waals surface area contributed by atoms with Crippen molar-refractivity contribution in [2.45, 2.75) is 38.9 Å². The van der Waals surface area contributed by atoms with Gasteiger partial charge in [0.05, 0.1) is 0 Å². The van der Waals surface area contributed by atoms with Crippen LogP contribution >= 0.6 is 0 Å². The van der Waals surface area contributed by atoms with Crippen LogP contribution in [-0.2, 0) is 9.59 Å². The van der Waals surface area contributed by atoms with Gasteiger partial charge in [-0.3, -0.25) is 9.59 Å². The van der Waals surface area contributed by atoms with E-state index in [0.717, 1.165) is 11.1 Å². The molecule has 4 unspecified atom stereocenters. The number of carbonyl (C=O) groups excluding carboxylic acids is 2. The van der Waals surface area contributed by atoms with Gasteiger partial charge in [0.2, 0.25) is 0 Å². The van der Waals surface area contributed by atoms with Crippen molar-refractivity contribution >= 4 is 11.6 Å². The fourth-order valence-electron chi connectivity index (χ4n) is 4.42. The lowest BCUT2D eigenvalue weighted by Crippen LogP contribution is -2.67. The third-order valence-electron chi connectivity index (χ3n) is 5.53. The highest BCUT2D eigenvalue weighted by molar-refractivity contribution is 6.01. The summed E-state index contributed by atoms with van der Waals surface area (Å²) in [6.45, 7) is 6.72.